The normalized spacial score (nSPS) is 17.5. The zero-order valence-electron chi connectivity index (χ0n) is 22.1. The van der Waals surface area contributed by atoms with Crippen molar-refractivity contribution >= 4 is 44.7 Å². The number of ketones is 1. The summed E-state index contributed by atoms with van der Waals surface area (Å²) < 4.78 is 54.5. The highest BCUT2D eigenvalue weighted by Crippen LogP contribution is 2.38. The number of fused-ring (bicyclic) bond motifs is 1. The summed E-state index contributed by atoms with van der Waals surface area (Å²) >= 11 is 7.98. The highest BCUT2D eigenvalue weighted by Gasteiger charge is 2.39. The Kier molecular flexibility index (Phi) is 8.50. The van der Waals surface area contributed by atoms with E-state index in [0.29, 0.717) is 27.1 Å². The molecule has 0 spiro atoms. The zero-order chi connectivity index (χ0) is 29.3. The van der Waals surface area contributed by atoms with Gasteiger partial charge in [-0.15, -0.1) is 11.3 Å². The van der Waals surface area contributed by atoms with Gasteiger partial charge >= 0.3 is 6.18 Å². The molecule has 4 aromatic rings. The van der Waals surface area contributed by atoms with Crippen LogP contribution in [0.25, 0.3) is 21.2 Å². The molecule has 1 heterocycles. The van der Waals surface area contributed by atoms with Gasteiger partial charge in [-0.25, -0.2) is 4.39 Å². The number of benzene rings is 3. The highest BCUT2D eigenvalue weighted by atomic mass is 35.5. The molecule has 1 aromatic heterocycles. The molecule has 0 bridgehead atoms. The SMILES string of the molecule is CN[C@H]1CC[C@H](N(Cc2cc(-c3ccc(C(=O)C(F)(F)F)cc3)ccc2F)C(=O)c2sc3ccccc3c2Cl)CC1. The fraction of sp³-hybridized carbons (Fsp3) is 0.290. The molecule has 4 nitrogen and oxygen atoms in total. The van der Waals surface area contributed by atoms with E-state index in [4.69, 9.17) is 11.6 Å². The number of thiophene rings is 1. The molecule has 1 saturated carbocycles. The topological polar surface area (TPSA) is 49.4 Å². The van der Waals surface area contributed by atoms with Crippen molar-refractivity contribution in [3.05, 3.63) is 93.6 Å². The Labute approximate surface area is 243 Å². The third-order valence-electron chi connectivity index (χ3n) is 7.66. The minimum Gasteiger partial charge on any atom is -0.330 e. The summed E-state index contributed by atoms with van der Waals surface area (Å²) in [7, 11) is 1.91. The number of Topliss-reactive ketones (excluding diaryl/α,β-unsaturated/α-hetero) is 1. The molecule has 10 heteroatoms. The number of hydrogen-bond donors (Lipinski definition) is 1. The van der Waals surface area contributed by atoms with Crippen molar-refractivity contribution in [3.8, 4) is 11.1 Å². The van der Waals surface area contributed by atoms with Crippen LogP contribution < -0.4 is 5.32 Å². The second kappa shape index (κ2) is 11.9. The van der Waals surface area contributed by atoms with E-state index >= 15 is 4.39 Å². The van der Waals surface area contributed by atoms with Gasteiger partial charge in [0.15, 0.2) is 0 Å². The van der Waals surface area contributed by atoms with Crippen LogP contribution in [0, 0.1) is 5.82 Å². The third-order valence-corrected chi connectivity index (χ3v) is 9.32. The number of nitrogens with one attached hydrogen (secondary N) is 1. The number of rotatable bonds is 7. The standard InChI is InChI=1S/C31H27ClF4N2O2S/c1-37-22-11-13-23(14-12-22)38(30(40)28-27(32)24-4-2-3-5-26(24)41-28)17-21-16-20(10-15-25(21)33)18-6-8-19(9-7-18)29(39)31(34,35)36/h2-10,15-16,22-23,37H,11-14,17H2,1H3/t22-,23-. The van der Waals surface area contributed by atoms with Gasteiger partial charge in [-0.1, -0.05) is 60.1 Å². The van der Waals surface area contributed by atoms with Gasteiger partial charge in [-0.05, 0) is 62.1 Å². The molecular formula is C31H27ClF4N2O2S. The van der Waals surface area contributed by atoms with Crippen molar-refractivity contribution in [2.24, 2.45) is 0 Å². The first-order valence-electron chi connectivity index (χ1n) is 13.2. The van der Waals surface area contributed by atoms with Gasteiger partial charge in [-0.2, -0.15) is 13.2 Å². The number of carbonyl (C=O) groups excluding carboxylic acids is 2. The van der Waals surface area contributed by atoms with Gasteiger partial charge in [0.05, 0.1) is 5.02 Å². The predicted molar refractivity (Wildman–Crippen MR) is 154 cm³/mol. The van der Waals surface area contributed by atoms with Crippen molar-refractivity contribution in [2.75, 3.05) is 7.05 Å². The number of hydrogen-bond acceptors (Lipinski definition) is 4. The van der Waals surface area contributed by atoms with Crippen molar-refractivity contribution in [2.45, 2.75) is 50.5 Å². The molecule has 0 radical (unpaired) electrons. The van der Waals surface area contributed by atoms with Crippen molar-refractivity contribution in [1.29, 1.82) is 0 Å². The maximum Gasteiger partial charge on any atom is 0.454 e. The Balaban J connectivity index is 1.47. The van der Waals surface area contributed by atoms with E-state index in [1.807, 2.05) is 31.3 Å². The summed E-state index contributed by atoms with van der Waals surface area (Å²) in [5.74, 6) is -2.68. The van der Waals surface area contributed by atoms with Gasteiger partial charge in [0.25, 0.3) is 11.7 Å². The number of amides is 1. The van der Waals surface area contributed by atoms with Gasteiger partial charge in [0, 0.05) is 39.8 Å². The van der Waals surface area contributed by atoms with Crippen LogP contribution in [0.5, 0.6) is 0 Å². The number of carbonyl (C=O) groups is 2. The maximum atomic E-state index is 15.2. The van der Waals surface area contributed by atoms with E-state index in [-0.39, 0.29) is 24.1 Å². The molecular weight excluding hydrogens is 576 g/mol. The summed E-state index contributed by atoms with van der Waals surface area (Å²) in [6.45, 7) is 0.00259. The van der Waals surface area contributed by atoms with Crippen LogP contribution in [0.1, 0.15) is 51.3 Å². The van der Waals surface area contributed by atoms with Crippen LogP contribution in [0.4, 0.5) is 17.6 Å². The van der Waals surface area contributed by atoms with E-state index in [1.54, 1.807) is 11.0 Å². The van der Waals surface area contributed by atoms with Crippen LogP contribution >= 0.6 is 22.9 Å². The molecule has 41 heavy (non-hydrogen) atoms. The molecule has 0 atom stereocenters. The smallest absolute Gasteiger partial charge is 0.330 e. The molecule has 5 rings (SSSR count). The Hall–Kier alpha value is -3.27. The van der Waals surface area contributed by atoms with Crippen LogP contribution in [0.3, 0.4) is 0 Å². The average Bonchev–Trinajstić information content (AvgIpc) is 3.32. The molecule has 1 fully saturated rings. The molecule has 0 unspecified atom stereocenters. The summed E-state index contributed by atoms with van der Waals surface area (Å²) in [6, 6.07) is 17.1. The van der Waals surface area contributed by atoms with Crippen molar-refractivity contribution < 1.29 is 27.2 Å². The largest absolute Gasteiger partial charge is 0.454 e. The average molecular weight is 603 g/mol. The van der Waals surface area contributed by atoms with E-state index in [0.717, 1.165) is 47.9 Å². The Morgan fingerprint density at radius 1 is 0.976 bits per heavy atom. The first kappa shape index (κ1) is 29.2. The molecule has 214 valence electrons. The van der Waals surface area contributed by atoms with E-state index in [1.165, 1.54) is 35.6 Å². The van der Waals surface area contributed by atoms with E-state index < -0.39 is 23.3 Å². The lowest BCUT2D eigenvalue weighted by molar-refractivity contribution is -0.0885. The first-order chi connectivity index (χ1) is 19.6. The number of alkyl halides is 3. The number of halogens is 5. The monoisotopic (exact) mass is 602 g/mol. The highest BCUT2D eigenvalue weighted by molar-refractivity contribution is 7.21. The minimum atomic E-state index is -4.97. The Morgan fingerprint density at radius 2 is 1.63 bits per heavy atom. The van der Waals surface area contributed by atoms with E-state index in [2.05, 4.69) is 5.32 Å². The predicted octanol–water partition coefficient (Wildman–Crippen LogP) is 8.28. The quantitative estimate of drug-likeness (QED) is 0.171. The number of nitrogens with zero attached hydrogens (tertiary/aromatic N) is 1. The van der Waals surface area contributed by atoms with E-state index in [9.17, 15) is 22.8 Å². The minimum absolute atomic E-state index is 0.00259. The van der Waals surface area contributed by atoms with Gasteiger partial charge in [0.1, 0.15) is 10.7 Å². The zero-order valence-corrected chi connectivity index (χ0v) is 23.7. The lowest BCUT2D eigenvalue weighted by atomic mass is 9.89. The van der Waals surface area contributed by atoms with Gasteiger partial charge in [0.2, 0.25) is 0 Å². The van der Waals surface area contributed by atoms with Crippen LogP contribution in [-0.4, -0.2) is 41.9 Å². The molecule has 1 N–H and O–H groups in total. The molecule has 0 aliphatic heterocycles. The van der Waals surface area contributed by atoms with Crippen molar-refractivity contribution in [3.63, 3.8) is 0 Å². The van der Waals surface area contributed by atoms with Crippen LogP contribution in [0.15, 0.2) is 66.7 Å². The fourth-order valence-corrected chi connectivity index (χ4v) is 6.83. The van der Waals surface area contributed by atoms with Crippen LogP contribution in [0.2, 0.25) is 5.02 Å². The third kappa shape index (κ3) is 6.17. The molecule has 1 aliphatic carbocycles. The summed E-state index contributed by atoms with van der Waals surface area (Å²) in [4.78, 5) is 27.7. The Bertz CT molecular complexity index is 1580. The second-order valence-electron chi connectivity index (χ2n) is 10.2. The molecule has 1 amide bonds. The lowest BCUT2D eigenvalue weighted by Crippen LogP contribution is -2.44. The lowest BCUT2D eigenvalue weighted by Gasteiger charge is -2.37. The Morgan fingerprint density at radius 3 is 2.27 bits per heavy atom. The second-order valence-corrected chi connectivity index (χ2v) is 11.6. The maximum absolute atomic E-state index is 15.2. The molecule has 0 saturated heterocycles. The fourth-order valence-electron chi connectivity index (χ4n) is 5.36. The summed E-state index contributed by atoms with van der Waals surface area (Å²) in [5, 5.41) is 4.46. The van der Waals surface area contributed by atoms with Crippen LogP contribution in [-0.2, 0) is 6.54 Å². The van der Waals surface area contributed by atoms with Crippen molar-refractivity contribution in [1.82, 2.24) is 10.2 Å². The van der Waals surface area contributed by atoms with Gasteiger partial charge < -0.3 is 10.2 Å². The summed E-state index contributed by atoms with van der Waals surface area (Å²) in [5.41, 5.74) is 0.875. The first-order valence-corrected chi connectivity index (χ1v) is 14.4. The summed E-state index contributed by atoms with van der Waals surface area (Å²) in [6.07, 6.45) is -1.73. The van der Waals surface area contributed by atoms with Gasteiger partial charge in [-0.3, -0.25) is 9.59 Å². The molecule has 1 aliphatic rings. The molecule has 3 aromatic carbocycles.